The van der Waals surface area contributed by atoms with Gasteiger partial charge in [-0.05, 0) is 18.6 Å². The summed E-state index contributed by atoms with van der Waals surface area (Å²) in [6, 6.07) is 4.20. The maximum absolute atomic E-state index is 4.85. The van der Waals surface area contributed by atoms with Crippen molar-refractivity contribution in [3.63, 3.8) is 0 Å². The molecule has 4 heterocycles. The Balaban J connectivity index is 1.82. The monoisotopic (exact) mass is 323 g/mol. The molecule has 3 aromatic rings. The average Bonchev–Trinajstić information content (AvgIpc) is 3.14. The zero-order valence-corrected chi connectivity index (χ0v) is 13.9. The van der Waals surface area contributed by atoms with E-state index in [1.54, 1.807) is 11.3 Å². The van der Waals surface area contributed by atoms with E-state index in [4.69, 9.17) is 4.98 Å². The largest absolute Gasteiger partial charge is 0.350 e. The van der Waals surface area contributed by atoms with Gasteiger partial charge in [0.2, 0.25) is 0 Å². The second-order valence-corrected chi connectivity index (χ2v) is 6.83. The zero-order valence-electron chi connectivity index (χ0n) is 13.1. The number of aromatic nitrogens is 3. The highest BCUT2D eigenvalue weighted by atomic mass is 32.1. The zero-order chi connectivity index (χ0) is 15.8. The molecule has 0 aromatic carbocycles. The summed E-state index contributed by atoms with van der Waals surface area (Å²) >= 11 is 1.63. The van der Waals surface area contributed by atoms with Crippen LogP contribution in [0.25, 0.3) is 16.5 Å². The van der Waals surface area contributed by atoms with Gasteiger partial charge in [-0.25, -0.2) is 9.97 Å². The van der Waals surface area contributed by atoms with Crippen molar-refractivity contribution >= 4 is 45.0 Å². The second-order valence-electron chi connectivity index (χ2n) is 5.60. The van der Waals surface area contributed by atoms with Crippen LogP contribution in [0.1, 0.15) is 17.0 Å². The highest BCUT2D eigenvalue weighted by molar-refractivity contribution is 7.15. The fourth-order valence-corrected chi connectivity index (χ4v) is 3.44. The first-order valence-corrected chi connectivity index (χ1v) is 8.35. The van der Waals surface area contributed by atoms with Gasteiger partial charge in [-0.2, -0.15) is 0 Å². The molecule has 0 radical (unpaired) electrons. The Morgan fingerprint density at radius 2 is 2.26 bits per heavy atom. The molecule has 0 spiro atoms. The fourth-order valence-electron chi connectivity index (χ4n) is 2.77. The summed E-state index contributed by atoms with van der Waals surface area (Å²) in [5.74, 6) is 0.826. The van der Waals surface area contributed by atoms with Crippen LogP contribution >= 0.6 is 11.3 Å². The molecule has 0 atom stereocenters. The van der Waals surface area contributed by atoms with Crippen molar-refractivity contribution < 1.29 is 0 Å². The number of fused-ring (bicyclic) bond motifs is 1. The molecule has 116 valence electrons. The van der Waals surface area contributed by atoms with Gasteiger partial charge in [-0.3, -0.25) is 4.99 Å². The van der Waals surface area contributed by atoms with Crippen molar-refractivity contribution in [2.75, 3.05) is 11.9 Å². The van der Waals surface area contributed by atoms with Crippen molar-refractivity contribution in [1.82, 2.24) is 14.5 Å². The molecule has 0 bridgehead atoms. The molecule has 1 aliphatic rings. The average molecular weight is 323 g/mol. The predicted molar refractivity (Wildman–Crippen MR) is 96.8 cm³/mol. The van der Waals surface area contributed by atoms with Crippen LogP contribution in [0.4, 0.5) is 10.9 Å². The number of thiazole rings is 1. The smallest absolute Gasteiger partial charge is 0.188 e. The van der Waals surface area contributed by atoms with Gasteiger partial charge in [-0.1, -0.05) is 6.08 Å². The lowest BCUT2D eigenvalue weighted by Crippen LogP contribution is -2.01. The van der Waals surface area contributed by atoms with Gasteiger partial charge in [0.05, 0.1) is 17.8 Å². The number of rotatable bonds is 3. The number of aryl methyl sites for hydroxylation is 2. The Labute approximate surface area is 138 Å². The van der Waals surface area contributed by atoms with Gasteiger partial charge >= 0.3 is 0 Å². The number of hydrogen-bond donors (Lipinski definition) is 1. The lowest BCUT2D eigenvalue weighted by Gasteiger charge is -2.12. The van der Waals surface area contributed by atoms with Crippen LogP contribution in [0.15, 0.2) is 35.6 Å². The number of nitrogens with one attached hydrogen (secondary N) is 1. The maximum atomic E-state index is 4.85. The molecule has 0 saturated carbocycles. The standard InChI is InChI=1S/C17H17N5S/c1-11-10-19-17(23-11)21-15-9-14-13(5-8-22(14)2)16(20-15)12-3-6-18-7-4-12/h3,5,7-10H,4,6H2,1-2H3,(H,19,20,21). The molecular weight excluding hydrogens is 306 g/mol. The summed E-state index contributed by atoms with van der Waals surface area (Å²) in [4.78, 5) is 14.7. The van der Waals surface area contributed by atoms with Gasteiger partial charge in [0.15, 0.2) is 5.13 Å². The number of pyridine rings is 1. The first-order valence-electron chi connectivity index (χ1n) is 7.54. The van der Waals surface area contributed by atoms with E-state index in [1.807, 2.05) is 19.3 Å². The van der Waals surface area contributed by atoms with E-state index in [9.17, 15) is 0 Å². The fraction of sp³-hybridized carbons (Fsp3) is 0.235. The third kappa shape index (κ3) is 2.66. The molecule has 1 N–H and O–H groups in total. The molecule has 0 unspecified atom stereocenters. The maximum Gasteiger partial charge on any atom is 0.188 e. The first-order chi connectivity index (χ1) is 11.2. The number of aliphatic imine (C=N–C) groups is 1. The number of nitrogens with zero attached hydrogens (tertiary/aromatic N) is 4. The van der Waals surface area contributed by atoms with Crippen LogP contribution in [0.2, 0.25) is 0 Å². The predicted octanol–water partition coefficient (Wildman–Crippen LogP) is 3.94. The van der Waals surface area contributed by atoms with Crippen LogP contribution in [-0.4, -0.2) is 27.3 Å². The van der Waals surface area contributed by atoms with Gasteiger partial charge in [0.1, 0.15) is 5.82 Å². The first kappa shape index (κ1) is 14.1. The number of allylic oxidation sites excluding steroid dienone is 1. The van der Waals surface area contributed by atoms with E-state index in [2.05, 4.69) is 51.3 Å². The van der Waals surface area contributed by atoms with Crippen LogP contribution < -0.4 is 5.32 Å². The van der Waals surface area contributed by atoms with Crippen molar-refractivity contribution in [2.45, 2.75) is 13.3 Å². The summed E-state index contributed by atoms with van der Waals surface area (Å²) in [6.45, 7) is 2.78. The minimum Gasteiger partial charge on any atom is -0.350 e. The highest BCUT2D eigenvalue weighted by Gasteiger charge is 2.14. The van der Waals surface area contributed by atoms with Gasteiger partial charge in [-0.15, -0.1) is 11.3 Å². The molecule has 0 amide bonds. The van der Waals surface area contributed by atoms with Crippen molar-refractivity contribution in [3.8, 4) is 0 Å². The van der Waals surface area contributed by atoms with Crippen LogP contribution in [0.3, 0.4) is 0 Å². The Morgan fingerprint density at radius 1 is 1.35 bits per heavy atom. The Morgan fingerprint density at radius 3 is 3.00 bits per heavy atom. The molecule has 0 fully saturated rings. The quantitative estimate of drug-likeness (QED) is 0.794. The summed E-state index contributed by atoms with van der Waals surface area (Å²) in [6.07, 6.45) is 8.90. The Kier molecular flexibility index (Phi) is 3.46. The van der Waals surface area contributed by atoms with E-state index in [0.29, 0.717) is 0 Å². The van der Waals surface area contributed by atoms with Crippen molar-refractivity contribution in [1.29, 1.82) is 0 Å². The van der Waals surface area contributed by atoms with E-state index in [-0.39, 0.29) is 0 Å². The Bertz CT molecular complexity index is 932. The molecule has 5 nitrogen and oxygen atoms in total. The SMILES string of the molecule is Cc1cnc(Nc2cc3c(ccn3C)c(C3=CCN=CC3)n2)s1. The minimum absolute atomic E-state index is 0.731. The van der Waals surface area contributed by atoms with E-state index in [0.717, 1.165) is 35.1 Å². The summed E-state index contributed by atoms with van der Waals surface area (Å²) in [5.41, 5.74) is 3.43. The summed E-state index contributed by atoms with van der Waals surface area (Å²) < 4.78 is 2.12. The third-order valence-corrected chi connectivity index (χ3v) is 4.75. The molecule has 1 aliphatic heterocycles. The van der Waals surface area contributed by atoms with E-state index in [1.165, 1.54) is 15.8 Å². The van der Waals surface area contributed by atoms with Crippen molar-refractivity contribution in [3.05, 3.63) is 41.2 Å². The van der Waals surface area contributed by atoms with Crippen LogP contribution in [-0.2, 0) is 7.05 Å². The number of anilines is 2. The van der Waals surface area contributed by atoms with Gasteiger partial charge < -0.3 is 9.88 Å². The Hall–Kier alpha value is -2.47. The topological polar surface area (TPSA) is 55.1 Å². The molecule has 6 heteroatoms. The van der Waals surface area contributed by atoms with Crippen LogP contribution in [0, 0.1) is 6.92 Å². The molecular formula is C17H17N5S. The number of dihydropyridines is 1. The van der Waals surface area contributed by atoms with Crippen LogP contribution in [0.5, 0.6) is 0 Å². The normalized spacial score (nSPS) is 14.3. The van der Waals surface area contributed by atoms with Gasteiger partial charge in [0, 0.05) is 48.4 Å². The van der Waals surface area contributed by atoms with E-state index < -0.39 is 0 Å². The second kappa shape index (κ2) is 5.62. The number of hydrogen-bond acceptors (Lipinski definition) is 5. The lowest BCUT2D eigenvalue weighted by molar-refractivity contribution is 0.968. The van der Waals surface area contributed by atoms with Crippen molar-refractivity contribution in [2.24, 2.45) is 12.0 Å². The third-order valence-electron chi connectivity index (χ3n) is 3.93. The minimum atomic E-state index is 0.731. The molecule has 23 heavy (non-hydrogen) atoms. The molecule has 4 rings (SSSR count). The molecule has 0 aliphatic carbocycles. The summed E-state index contributed by atoms with van der Waals surface area (Å²) in [5, 5.41) is 5.38. The van der Waals surface area contributed by atoms with E-state index >= 15 is 0 Å². The molecule has 3 aromatic heterocycles. The lowest BCUT2D eigenvalue weighted by atomic mass is 10.0. The summed E-state index contributed by atoms with van der Waals surface area (Å²) in [7, 11) is 2.06. The highest BCUT2D eigenvalue weighted by Crippen LogP contribution is 2.30. The van der Waals surface area contributed by atoms with Gasteiger partial charge in [0.25, 0.3) is 0 Å². The molecule has 0 saturated heterocycles.